The van der Waals surface area contributed by atoms with Gasteiger partial charge in [0.25, 0.3) is 0 Å². The van der Waals surface area contributed by atoms with E-state index in [2.05, 4.69) is 0 Å². The highest BCUT2D eigenvalue weighted by molar-refractivity contribution is 5.91. The highest BCUT2D eigenvalue weighted by atomic mass is 19.4. The van der Waals surface area contributed by atoms with E-state index in [1.54, 1.807) is 36.4 Å². The van der Waals surface area contributed by atoms with E-state index in [4.69, 9.17) is 25.7 Å². The number of nitrogens with two attached hydrogens (primary N) is 2. The normalized spacial score (nSPS) is 17.8. The van der Waals surface area contributed by atoms with Gasteiger partial charge in [-0.25, -0.2) is 9.59 Å². The van der Waals surface area contributed by atoms with Crippen molar-refractivity contribution in [2.24, 2.45) is 11.8 Å². The van der Waals surface area contributed by atoms with Crippen molar-refractivity contribution in [3.8, 4) is 5.75 Å². The molecule has 1 aliphatic carbocycles. The van der Waals surface area contributed by atoms with Gasteiger partial charge in [0, 0.05) is 17.5 Å². The zero-order valence-electron chi connectivity index (χ0n) is 21.0. The number of halogens is 3. The first-order chi connectivity index (χ1) is 18.1. The molecule has 0 atom stereocenters. The molecule has 1 saturated carbocycles. The van der Waals surface area contributed by atoms with Gasteiger partial charge >= 0.3 is 18.1 Å². The van der Waals surface area contributed by atoms with Gasteiger partial charge in [0.2, 0.25) is 0 Å². The van der Waals surface area contributed by atoms with Gasteiger partial charge in [-0.1, -0.05) is 12.1 Å². The molecule has 0 aromatic heterocycles. The summed E-state index contributed by atoms with van der Waals surface area (Å²) in [4.78, 5) is 23.9. The molecule has 1 fully saturated rings. The zero-order chi connectivity index (χ0) is 27.5. The number of carbonyl (C=O) groups is 2. The molecule has 0 aliphatic heterocycles. The predicted molar refractivity (Wildman–Crippen MR) is 138 cm³/mol. The van der Waals surface area contributed by atoms with E-state index in [9.17, 15) is 22.8 Å². The molecular formula is C28H33F3N2O5. The SMILES string of the molecule is Nc1cc(N)cc(C(=O)OCCCCOC(=O)C=Cc2ccc(OCC3CCC(C(F)(F)F)CC3)cc2)c1. The van der Waals surface area contributed by atoms with Crippen molar-refractivity contribution in [1.82, 2.24) is 0 Å². The van der Waals surface area contributed by atoms with E-state index in [1.807, 2.05) is 0 Å². The second-order valence-electron chi connectivity index (χ2n) is 9.37. The van der Waals surface area contributed by atoms with E-state index < -0.39 is 24.0 Å². The number of anilines is 2. The Morgan fingerprint density at radius 2 is 1.50 bits per heavy atom. The van der Waals surface area contributed by atoms with Crippen molar-refractivity contribution < 1.29 is 37.0 Å². The summed E-state index contributed by atoms with van der Waals surface area (Å²) in [5.74, 6) is -1.46. The van der Waals surface area contributed by atoms with E-state index >= 15 is 0 Å². The first-order valence-electron chi connectivity index (χ1n) is 12.6. The zero-order valence-corrected chi connectivity index (χ0v) is 21.0. The van der Waals surface area contributed by atoms with E-state index in [0.29, 0.717) is 49.4 Å². The van der Waals surface area contributed by atoms with Crippen molar-refractivity contribution in [1.29, 1.82) is 0 Å². The second kappa shape index (κ2) is 13.7. The molecule has 1 aliphatic rings. The lowest BCUT2D eigenvalue weighted by Gasteiger charge is -2.29. The summed E-state index contributed by atoms with van der Waals surface area (Å²) in [6.45, 7) is 0.745. The van der Waals surface area contributed by atoms with Crippen LogP contribution in [0.3, 0.4) is 0 Å². The van der Waals surface area contributed by atoms with E-state index in [-0.39, 0.29) is 37.5 Å². The molecule has 0 radical (unpaired) electrons. The number of alkyl halides is 3. The molecule has 10 heteroatoms. The molecule has 0 heterocycles. The molecule has 38 heavy (non-hydrogen) atoms. The Bertz CT molecular complexity index is 1070. The fraction of sp³-hybridized carbons (Fsp3) is 0.429. The number of carbonyl (C=O) groups excluding carboxylic acids is 2. The molecule has 2 aromatic rings. The summed E-state index contributed by atoms with van der Waals surface area (Å²) in [5.41, 5.74) is 13.1. The van der Waals surface area contributed by atoms with Crippen LogP contribution in [0.5, 0.6) is 5.75 Å². The Labute approximate surface area is 219 Å². The molecular weight excluding hydrogens is 501 g/mol. The molecule has 0 amide bonds. The lowest BCUT2D eigenvalue weighted by molar-refractivity contribution is -0.184. The molecule has 206 valence electrons. The minimum absolute atomic E-state index is 0.123. The van der Waals surface area contributed by atoms with Crippen LogP contribution in [0.4, 0.5) is 24.5 Å². The smallest absolute Gasteiger partial charge is 0.391 e. The molecule has 0 unspecified atom stereocenters. The molecule has 0 spiro atoms. The third-order valence-corrected chi connectivity index (χ3v) is 6.32. The largest absolute Gasteiger partial charge is 0.493 e. The first-order valence-corrected chi connectivity index (χ1v) is 12.6. The number of rotatable bonds is 11. The minimum Gasteiger partial charge on any atom is -0.493 e. The summed E-state index contributed by atoms with van der Waals surface area (Å²) < 4.78 is 54.4. The molecule has 2 aromatic carbocycles. The minimum atomic E-state index is -4.10. The van der Waals surface area contributed by atoms with Crippen LogP contribution in [0.25, 0.3) is 6.08 Å². The van der Waals surface area contributed by atoms with Gasteiger partial charge in [-0.15, -0.1) is 0 Å². The summed E-state index contributed by atoms with van der Waals surface area (Å²) in [6, 6.07) is 11.6. The van der Waals surface area contributed by atoms with Gasteiger partial charge in [0.1, 0.15) is 5.75 Å². The maximum atomic E-state index is 12.8. The topological polar surface area (TPSA) is 114 Å². The Balaban J connectivity index is 1.28. The van der Waals surface area contributed by atoms with Gasteiger partial charge in [-0.2, -0.15) is 13.2 Å². The average Bonchev–Trinajstić information content (AvgIpc) is 2.88. The van der Waals surface area contributed by atoms with Crippen LogP contribution in [0.1, 0.15) is 54.4 Å². The Hall–Kier alpha value is -3.69. The monoisotopic (exact) mass is 534 g/mol. The number of hydrogen-bond acceptors (Lipinski definition) is 7. The van der Waals surface area contributed by atoms with Crippen LogP contribution in [0.15, 0.2) is 48.5 Å². The van der Waals surface area contributed by atoms with Gasteiger partial charge in [-0.3, -0.25) is 0 Å². The standard InChI is InChI=1S/C28H33F3N2O5/c29-28(30,31)22-8-3-20(4-9-22)18-38-25-10-5-19(6-11-25)7-12-26(34)36-13-1-2-14-37-27(35)21-15-23(32)17-24(33)16-21/h5-7,10-12,15-17,20,22H,1-4,8-9,13-14,18,32-33H2. The fourth-order valence-electron chi connectivity index (χ4n) is 4.18. The van der Waals surface area contributed by atoms with Crippen molar-refractivity contribution in [3.63, 3.8) is 0 Å². The lowest BCUT2D eigenvalue weighted by Crippen LogP contribution is -2.29. The van der Waals surface area contributed by atoms with Crippen molar-refractivity contribution in [2.75, 3.05) is 31.3 Å². The van der Waals surface area contributed by atoms with Crippen molar-refractivity contribution in [3.05, 3.63) is 59.7 Å². The first kappa shape index (κ1) is 28.9. The van der Waals surface area contributed by atoms with E-state index in [0.717, 1.165) is 5.56 Å². The van der Waals surface area contributed by atoms with Gasteiger partial charge in [0.15, 0.2) is 0 Å². The fourth-order valence-corrected chi connectivity index (χ4v) is 4.18. The summed E-state index contributed by atoms with van der Waals surface area (Å²) >= 11 is 0. The molecule has 7 nitrogen and oxygen atoms in total. The molecule has 3 rings (SSSR count). The quantitative estimate of drug-likeness (QED) is 0.162. The van der Waals surface area contributed by atoms with E-state index in [1.165, 1.54) is 18.2 Å². The Morgan fingerprint density at radius 3 is 2.11 bits per heavy atom. The Kier molecular flexibility index (Phi) is 10.4. The number of esters is 2. The van der Waals surface area contributed by atoms with Crippen LogP contribution in [0, 0.1) is 11.8 Å². The summed E-state index contributed by atoms with van der Waals surface area (Å²) in [5, 5.41) is 0. The highest BCUT2D eigenvalue weighted by Crippen LogP contribution is 2.39. The highest BCUT2D eigenvalue weighted by Gasteiger charge is 2.41. The van der Waals surface area contributed by atoms with Crippen LogP contribution in [0.2, 0.25) is 0 Å². The second-order valence-corrected chi connectivity index (χ2v) is 9.37. The number of unbranched alkanes of at least 4 members (excludes halogenated alkanes) is 1. The summed E-state index contributed by atoms with van der Waals surface area (Å²) in [6.07, 6.45) is 1.21. The predicted octanol–water partition coefficient (Wildman–Crippen LogP) is 5.79. The number of hydrogen-bond donors (Lipinski definition) is 2. The maximum absolute atomic E-state index is 12.8. The summed E-state index contributed by atoms with van der Waals surface area (Å²) in [7, 11) is 0. The Morgan fingerprint density at radius 1 is 0.895 bits per heavy atom. The number of ether oxygens (including phenoxy) is 3. The molecule has 4 N–H and O–H groups in total. The third kappa shape index (κ3) is 9.64. The van der Waals surface area contributed by atoms with Gasteiger partial charge in [-0.05, 0) is 86.4 Å². The lowest BCUT2D eigenvalue weighted by atomic mass is 9.82. The van der Waals surface area contributed by atoms with Gasteiger partial charge < -0.3 is 25.7 Å². The van der Waals surface area contributed by atoms with Crippen molar-refractivity contribution >= 4 is 29.4 Å². The van der Waals surface area contributed by atoms with Crippen LogP contribution in [-0.2, 0) is 14.3 Å². The molecule has 0 saturated heterocycles. The van der Waals surface area contributed by atoms with Gasteiger partial charge in [0.05, 0.1) is 31.3 Å². The van der Waals surface area contributed by atoms with Crippen molar-refractivity contribution in [2.45, 2.75) is 44.7 Å². The molecule has 0 bridgehead atoms. The maximum Gasteiger partial charge on any atom is 0.391 e. The number of nitrogen functional groups attached to an aromatic ring is 2. The van der Waals surface area contributed by atoms with Crippen LogP contribution < -0.4 is 16.2 Å². The average molecular weight is 535 g/mol. The number of benzene rings is 2. The van der Waals surface area contributed by atoms with Crippen LogP contribution in [-0.4, -0.2) is 37.9 Å². The third-order valence-electron chi connectivity index (χ3n) is 6.32. The van der Waals surface area contributed by atoms with Crippen LogP contribution >= 0.6 is 0 Å².